The molecule has 5 heteroatoms. The Morgan fingerprint density at radius 2 is 1.53 bits per heavy atom. The van der Waals surface area contributed by atoms with Crippen molar-refractivity contribution >= 4 is 29.4 Å². The van der Waals surface area contributed by atoms with Crippen molar-refractivity contribution in [3.8, 4) is 0 Å². The van der Waals surface area contributed by atoms with Gasteiger partial charge in [0.2, 0.25) is 11.8 Å². The molecular formula is C29H24N2O3. The third kappa shape index (κ3) is 2.83. The predicted octanol–water partition coefficient (Wildman–Crippen LogP) is 4.70. The molecule has 3 heterocycles. The Bertz CT molecular complexity index is 1380. The summed E-state index contributed by atoms with van der Waals surface area (Å²) in [5, 5.41) is 0. The first-order valence-corrected chi connectivity index (χ1v) is 11.6. The molecule has 3 aromatic carbocycles. The summed E-state index contributed by atoms with van der Waals surface area (Å²) in [6.45, 7) is 3.89. The van der Waals surface area contributed by atoms with Crippen LogP contribution in [0.5, 0.6) is 0 Å². The Hall–Kier alpha value is -3.99. The topological polar surface area (TPSA) is 57.7 Å². The maximum absolute atomic E-state index is 13.9. The number of ketones is 1. The summed E-state index contributed by atoms with van der Waals surface area (Å²) in [5.41, 5.74) is 5.08. The second kappa shape index (κ2) is 7.52. The van der Waals surface area contributed by atoms with E-state index < -0.39 is 17.9 Å². The number of hydrogen-bond donors (Lipinski definition) is 0. The lowest BCUT2D eigenvalue weighted by Crippen LogP contribution is -2.44. The van der Waals surface area contributed by atoms with Gasteiger partial charge in [0.05, 0.1) is 23.6 Å². The minimum Gasteiger partial charge on any atom is -0.358 e. The fourth-order valence-corrected chi connectivity index (χ4v) is 5.92. The summed E-state index contributed by atoms with van der Waals surface area (Å²) in [7, 11) is 0. The Kier molecular flexibility index (Phi) is 4.56. The molecule has 2 fully saturated rings. The van der Waals surface area contributed by atoms with Gasteiger partial charge in [0, 0.05) is 11.8 Å². The minimum atomic E-state index is -0.748. The first-order chi connectivity index (χ1) is 16.5. The molecule has 3 aliphatic heterocycles. The fraction of sp³-hybridized carbons (Fsp3) is 0.207. The van der Waals surface area contributed by atoms with E-state index in [-0.39, 0.29) is 23.6 Å². The zero-order valence-corrected chi connectivity index (χ0v) is 19.0. The van der Waals surface area contributed by atoms with Crippen LogP contribution in [0, 0.1) is 25.7 Å². The van der Waals surface area contributed by atoms with Crippen LogP contribution in [0.4, 0.5) is 5.69 Å². The van der Waals surface area contributed by atoms with Crippen LogP contribution in [-0.4, -0.2) is 28.5 Å². The van der Waals surface area contributed by atoms with Gasteiger partial charge in [0.1, 0.15) is 6.04 Å². The van der Waals surface area contributed by atoms with Gasteiger partial charge >= 0.3 is 0 Å². The number of benzene rings is 3. The van der Waals surface area contributed by atoms with E-state index in [2.05, 4.69) is 0 Å². The lowest BCUT2D eigenvalue weighted by molar-refractivity contribution is -0.123. The van der Waals surface area contributed by atoms with E-state index in [9.17, 15) is 14.4 Å². The van der Waals surface area contributed by atoms with E-state index in [0.717, 1.165) is 22.3 Å². The highest BCUT2D eigenvalue weighted by Crippen LogP contribution is 2.53. The molecule has 2 saturated heterocycles. The third-order valence-corrected chi connectivity index (χ3v) is 7.38. The lowest BCUT2D eigenvalue weighted by Gasteiger charge is -2.35. The number of amides is 2. The molecule has 0 aromatic heterocycles. The first-order valence-electron chi connectivity index (χ1n) is 11.6. The predicted molar refractivity (Wildman–Crippen MR) is 130 cm³/mol. The molecule has 0 radical (unpaired) electrons. The number of hydrogen-bond acceptors (Lipinski definition) is 4. The quantitative estimate of drug-likeness (QED) is 0.430. The van der Waals surface area contributed by atoms with Crippen LogP contribution in [0.2, 0.25) is 0 Å². The third-order valence-electron chi connectivity index (χ3n) is 7.38. The molecule has 0 unspecified atom stereocenters. The zero-order valence-electron chi connectivity index (χ0n) is 19.0. The van der Waals surface area contributed by atoms with Crippen LogP contribution in [0.15, 0.2) is 79.0 Å². The maximum atomic E-state index is 13.9. The normalized spacial score (nSPS) is 24.8. The van der Waals surface area contributed by atoms with Crippen molar-refractivity contribution in [1.29, 1.82) is 0 Å². The fourth-order valence-electron chi connectivity index (χ4n) is 5.92. The standard InChI is InChI=1S/C29H24N2O3/c1-17-12-13-22(18(2)16-17)31-28(33)23-24(29(31)34)26(27(32)20-9-4-3-5-10-20)30-15-14-19-8-6-7-11-21(19)25(23)30/h3-16,23-26H,1-2H3/t23-,24+,25+,26-/m0/s1. The van der Waals surface area contributed by atoms with Crippen molar-refractivity contribution in [2.24, 2.45) is 11.8 Å². The molecule has 4 atom stereocenters. The van der Waals surface area contributed by atoms with Crippen LogP contribution in [-0.2, 0) is 9.59 Å². The number of fused-ring (bicyclic) bond motifs is 5. The van der Waals surface area contributed by atoms with E-state index in [1.807, 2.05) is 91.7 Å². The molecule has 34 heavy (non-hydrogen) atoms. The highest BCUT2D eigenvalue weighted by atomic mass is 16.2. The van der Waals surface area contributed by atoms with E-state index in [1.165, 1.54) is 4.90 Å². The molecule has 0 aliphatic carbocycles. The molecule has 3 aliphatic rings. The van der Waals surface area contributed by atoms with Gasteiger partial charge in [-0.1, -0.05) is 72.3 Å². The van der Waals surface area contributed by atoms with Crippen LogP contribution < -0.4 is 4.90 Å². The van der Waals surface area contributed by atoms with Crippen LogP contribution in [0.25, 0.3) is 6.08 Å². The molecule has 6 rings (SSSR count). The molecule has 5 nitrogen and oxygen atoms in total. The van der Waals surface area contributed by atoms with Crippen LogP contribution in [0.1, 0.15) is 38.7 Å². The van der Waals surface area contributed by atoms with Gasteiger partial charge in [-0.2, -0.15) is 0 Å². The number of anilines is 1. The highest BCUT2D eigenvalue weighted by molar-refractivity contribution is 6.25. The van der Waals surface area contributed by atoms with E-state index in [1.54, 1.807) is 12.1 Å². The number of carbonyl (C=O) groups excluding carboxylic acids is 3. The van der Waals surface area contributed by atoms with Gasteiger partial charge in [0.15, 0.2) is 5.78 Å². The molecule has 168 valence electrons. The average Bonchev–Trinajstić information content (AvgIpc) is 3.32. The summed E-state index contributed by atoms with van der Waals surface area (Å²) in [6.07, 6.45) is 3.86. The van der Waals surface area contributed by atoms with Crippen molar-refractivity contribution in [3.63, 3.8) is 0 Å². The Morgan fingerprint density at radius 1 is 0.824 bits per heavy atom. The highest BCUT2D eigenvalue weighted by Gasteiger charge is 2.64. The van der Waals surface area contributed by atoms with E-state index >= 15 is 0 Å². The summed E-state index contributed by atoms with van der Waals surface area (Å²) in [4.78, 5) is 45.0. The Morgan fingerprint density at radius 3 is 2.29 bits per heavy atom. The smallest absolute Gasteiger partial charge is 0.240 e. The van der Waals surface area contributed by atoms with Gasteiger partial charge in [0.25, 0.3) is 0 Å². The van der Waals surface area contributed by atoms with Crippen molar-refractivity contribution in [2.45, 2.75) is 25.9 Å². The molecule has 0 saturated carbocycles. The van der Waals surface area contributed by atoms with Gasteiger partial charge in [-0.3, -0.25) is 14.4 Å². The molecule has 0 bridgehead atoms. The molecule has 3 aromatic rings. The number of rotatable bonds is 3. The minimum absolute atomic E-state index is 0.134. The SMILES string of the molecule is Cc1ccc(N2C(=O)[C@@H]3[C@H](C2=O)[C@H]2c4ccccc4C=CN2[C@@H]3C(=O)c2ccccc2)c(C)c1. The van der Waals surface area contributed by atoms with Crippen LogP contribution in [0.3, 0.4) is 0 Å². The Labute approximate surface area is 198 Å². The summed E-state index contributed by atoms with van der Waals surface area (Å²) in [5.74, 6) is -2.04. The molecule has 0 N–H and O–H groups in total. The monoisotopic (exact) mass is 448 g/mol. The lowest BCUT2D eigenvalue weighted by atomic mass is 9.83. The number of Topliss-reactive ketones (excluding diaryl/α,β-unsaturated/α-hetero) is 1. The zero-order chi connectivity index (χ0) is 23.6. The first kappa shape index (κ1) is 20.6. The maximum Gasteiger partial charge on any atom is 0.240 e. The summed E-state index contributed by atoms with van der Waals surface area (Å²) >= 11 is 0. The number of nitrogens with zero attached hydrogens (tertiary/aromatic N) is 2. The van der Waals surface area contributed by atoms with Crippen molar-refractivity contribution in [2.75, 3.05) is 4.90 Å². The van der Waals surface area contributed by atoms with Gasteiger partial charge in [-0.05, 0) is 42.7 Å². The number of aryl methyl sites for hydroxylation is 2. The van der Waals surface area contributed by atoms with Crippen molar-refractivity contribution in [3.05, 3.63) is 107 Å². The van der Waals surface area contributed by atoms with Crippen molar-refractivity contribution in [1.82, 2.24) is 4.90 Å². The largest absolute Gasteiger partial charge is 0.358 e. The molecule has 0 spiro atoms. The van der Waals surface area contributed by atoms with E-state index in [0.29, 0.717) is 11.3 Å². The second-order valence-corrected chi connectivity index (χ2v) is 9.37. The summed E-state index contributed by atoms with van der Waals surface area (Å²) < 4.78 is 0. The number of carbonyl (C=O) groups is 3. The molecular weight excluding hydrogens is 424 g/mol. The van der Waals surface area contributed by atoms with Crippen LogP contribution >= 0.6 is 0 Å². The Balaban J connectivity index is 1.51. The van der Waals surface area contributed by atoms with Crippen molar-refractivity contribution < 1.29 is 14.4 Å². The van der Waals surface area contributed by atoms with Gasteiger partial charge in [-0.15, -0.1) is 0 Å². The average molecular weight is 449 g/mol. The van der Waals surface area contributed by atoms with E-state index in [4.69, 9.17) is 0 Å². The second-order valence-electron chi connectivity index (χ2n) is 9.37. The summed E-state index contributed by atoms with van der Waals surface area (Å²) in [6, 6.07) is 21.6. The number of imide groups is 1. The van der Waals surface area contributed by atoms with Gasteiger partial charge < -0.3 is 4.90 Å². The van der Waals surface area contributed by atoms with Gasteiger partial charge in [-0.25, -0.2) is 4.90 Å². The molecule has 2 amide bonds.